The molecule has 1 heterocycles. The highest BCUT2D eigenvalue weighted by Crippen LogP contribution is 2.32. The normalized spacial score (nSPS) is 13.3. The van der Waals surface area contributed by atoms with Crippen LogP contribution in [0.4, 0.5) is 17.6 Å². The molecule has 0 aliphatic heterocycles. The molecule has 0 radical (unpaired) electrons. The fourth-order valence-corrected chi connectivity index (χ4v) is 3.44. The number of unbranched alkanes of at least 4 members (excludes halogenated alkanes) is 1. The number of carbonyl (C=O) groups excluding carboxylic acids is 1. The van der Waals surface area contributed by atoms with Gasteiger partial charge in [0.1, 0.15) is 10.5 Å². The van der Waals surface area contributed by atoms with Crippen LogP contribution in [0.3, 0.4) is 0 Å². The summed E-state index contributed by atoms with van der Waals surface area (Å²) in [6.45, 7) is 8.01. The molecule has 0 aliphatic rings. The molecular weight excluding hydrogens is 380 g/mol. The van der Waals surface area contributed by atoms with Gasteiger partial charge in [-0.25, -0.2) is 4.39 Å². The van der Waals surface area contributed by atoms with Crippen LogP contribution in [0.2, 0.25) is 0 Å². The van der Waals surface area contributed by atoms with E-state index in [-0.39, 0.29) is 5.54 Å². The molecule has 0 atom stereocenters. The van der Waals surface area contributed by atoms with Gasteiger partial charge in [-0.15, -0.1) is 0 Å². The summed E-state index contributed by atoms with van der Waals surface area (Å²) >= 11 is 1.24. The molecule has 1 amide bonds. The molecular formula is C19H22F4N2OS. The van der Waals surface area contributed by atoms with Crippen LogP contribution in [0, 0.1) is 5.82 Å². The van der Waals surface area contributed by atoms with Crippen molar-refractivity contribution in [2.24, 2.45) is 4.99 Å². The Morgan fingerprint density at radius 3 is 2.44 bits per heavy atom. The summed E-state index contributed by atoms with van der Waals surface area (Å²) in [7, 11) is 0. The first-order chi connectivity index (χ1) is 12.4. The molecule has 2 rings (SSSR count). The van der Waals surface area contributed by atoms with Crippen molar-refractivity contribution in [3.05, 3.63) is 51.6 Å². The summed E-state index contributed by atoms with van der Waals surface area (Å²) in [6.07, 6.45) is -0.455. The number of hydrogen-bond donors (Lipinski definition) is 0. The summed E-state index contributed by atoms with van der Waals surface area (Å²) in [4.78, 5) is 16.4. The second kappa shape index (κ2) is 7.96. The minimum Gasteiger partial charge on any atom is -0.298 e. The van der Waals surface area contributed by atoms with Gasteiger partial charge in [0.05, 0.1) is 11.1 Å². The highest BCUT2D eigenvalue weighted by molar-refractivity contribution is 7.04. The highest BCUT2D eigenvalue weighted by atomic mass is 32.1. The van der Waals surface area contributed by atoms with E-state index in [1.165, 1.54) is 11.5 Å². The van der Waals surface area contributed by atoms with Crippen LogP contribution in [0.5, 0.6) is 0 Å². The number of alkyl halides is 3. The maximum atomic E-state index is 14.2. The van der Waals surface area contributed by atoms with Crippen LogP contribution in [-0.4, -0.2) is 9.86 Å². The maximum Gasteiger partial charge on any atom is 0.419 e. The van der Waals surface area contributed by atoms with Crippen LogP contribution < -0.4 is 4.67 Å². The van der Waals surface area contributed by atoms with E-state index in [0.29, 0.717) is 17.2 Å². The zero-order chi connectivity index (χ0) is 20.4. The minimum atomic E-state index is -4.87. The molecule has 1 aromatic carbocycles. The fourth-order valence-electron chi connectivity index (χ4n) is 2.40. The molecule has 0 spiro atoms. The Morgan fingerprint density at radius 2 is 1.89 bits per heavy atom. The Kier molecular flexibility index (Phi) is 6.29. The summed E-state index contributed by atoms with van der Waals surface area (Å²) in [6, 6.07) is 2.64. The molecule has 0 fully saturated rings. The SMILES string of the molecule is CCCCc1cn(C(C)(C)C)s/c1=N\C(=O)c1cccc(C(F)(F)F)c1F. The number of rotatable bonds is 4. The van der Waals surface area contributed by atoms with Gasteiger partial charge in [0.2, 0.25) is 0 Å². The van der Waals surface area contributed by atoms with Gasteiger partial charge in [-0.2, -0.15) is 18.2 Å². The molecule has 0 saturated heterocycles. The van der Waals surface area contributed by atoms with E-state index in [0.717, 1.165) is 30.5 Å². The van der Waals surface area contributed by atoms with E-state index >= 15 is 0 Å². The predicted molar refractivity (Wildman–Crippen MR) is 97.2 cm³/mol. The summed E-state index contributed by atoms with van der Waals surface area (Å²) in [5.74, 6) is -2.60. The maximum absolute atomic E-state index is 14.2. The first-order valence-corrected chi connectivity index (χ1v) is 9.39. The number of hydrogen-bond acceptors (Lipinski definition) is 2. The van der Waals surface area contributed by atoms with Crippen molar-refractivity contribution in [2.75, 3.05) is 0 Å². The molecule has 27 heavy (non-hydrogen) atoms. The summed E-state index contributed by atoms with van der Waals surface area (Å²) < 4.78 is 55.2. The van der Waals surface area contributed by atoms with Gasteiger partial charge in [0.15, 0.2) is 0 Å². The second-order valence-electron chi connectivity index (χ2n) is 7.23. The number of aryl methyl sites for hydroxylation is 1. The van der Waals surface area contributed by atoms with Gasteiger partial charge < -0.3 is 0 Å². The zero-order valence-corrected chi connectivity index (χ0v) is 16.5. The van der Waals surface area contributed by atoms with Gasteiger partial charge in [-0.3, -0.25) is 8.75 Å². The third-order valence-corrected chi connectivity index (χ3v) is 5.31. The second-order valence-corrected chi connectivity index (χ2v) is 8.20. The summed E-state index contributed by atoms with van der Waals surface area (Å²) in [5.41, 5.74) is -1.55. The number of amides is 1. The van der Waals surface area contributed by atoms with Crippen molar-refractivity contribution in [1.82, 2.24) is 3.96 Å². The topological polar surface area (TPSA) is 34.4 Å². The van der Waals surface area contributed by atoms with Crippen molar-refractivity contribution in [1.29, 1.82) is 0 Å². The highest BCUT2D eigenvalue weighted by Gasteiger charge is 2.35. The third-order valence-electron chi connectivity index (χ3n) is 3.93. The smallest absolute Gasteiger partial charge is 0.298 e. The third kappa shape index (κ3) is 5.06. The standard InChI is InChI=1S/C19H22F4N2OS/c1-5-6-8-12-11-25(18(2,3)4)27-17(12)24-16(26)13-9-7-10-14(15(13)20)19(21,22)23/h7,9-11H,5-6,8H2,1-4H3/b24-17-. The van der Waals surface area contributed by atoms with Crippen LogP contribution in [0.25, 0.3) is 0 Å². The molecule has 1 aromatic heterocycles. The van der Waals surface area contributed by atoms with E-state index in [4.69, 9.17) is 0 Å². The predicted octanol–water partition coefficient (Wildman–Crippen LogP) is 5.55. The number of aromatic nitrogens is 1. The lowest BCUT2D eigenvalue weighted by atomic mass is 10.1. The van der Waals surface area contributed by atoms with Crippen molar-refractivity contribution in [3.63, 3.8) is 0 Å². The van der Waals surface area contributed by atoms with Crippen LogP contribution in [-0.2, 0) is 18.1 Å². The molecule has 0 unspecified atom stereocenters. The van der Waals surface area contributed by atoms with E-state index in [1.807, 2.05) is 37.8 Å². The average molecular weight is 402 g/mol. The molecule has 0 bridgehead atoms. The van der Waals surface area contributed by atoms with Gasteiger partial charge >= 0.3 is 6.18 Å². The molecule has 148 valence electrons. The minimum absolute atomic E-state index is 0.232. The number of carbonyl (C=O) groups is 1. The first-order valence-electron chi connectivity index (χ1n) is 8.62. The van der Waals surface area contributed by atoms with E-state index in [2.05, 4.69) is 4.99 Å². The molecule has 0 aliphatic carbocycles. The van der Waals surface area contributed by atoms with Crippen molar-refractivity contribution in [2.45, 2.75) is 58.7 Å². The van der Waals surface area contributed by atoms with E-state index in [1.54, 1.807) is 0 Å². The lowest BCUT2D eigenvalue weighted by molar-refractivity contribution is -0.140. The monoisotopic (exact) mass is 402 g/mol. The Morgan fingerprint density at radius 1 is 1.22 bits per heavy atom. The quantitative estimate of drug-likeness (QED) is 0.618. The molecule has 2 aromatic rings. The number of halogens is 4. The van der Waals surface area contributed by atoms with Gasteiger partial charge in [-0.1, -0.05) is 19.4 Å². The molecule has 3 nitrogen and oxygen atoms in total. The van der Waals surface area contributed by atoms with Crippen molar-refractivity contribution >= 4 is 17.4 Å². The fraction of sp³-hybridized carbons (Fsp3) is 0.474. The van der Waals surface area contributed by atoms with Crippen molar-refractivity contribution < 1.29 is 22.4 Å². The Bertz CT molecular complexity index is 888. The number of benzene rings is 1. The van der Waals surface area contributed by atoms with E-state index in [9.17, 15) is 22.4 Å². The average Bonchev–Trinajstić information content (AvgIpc) is 2.95. The lowest BCUT2D eigenvalue weighted by Crippen LogP contribution is -2.18. The zero-order valence-electron chi connectivity index (χ0n) is 15.7. The Balaban J connectivity index is 2.52. The van der Waals surface area contributed by atoms with Crippen LogP contribution in [0.15, 0.2) is 29.4 Å². The lowest BCUT2D eigenvalue weighted by Gasteiger charge is -2.19. The Hall–Kier alpha value is -1.96. The largest absolute Gasteiger partial charge is 0.419 e. The van der Waals surface area contributed by atoms with E-state index < -0.39 is 29.0 Å². The molecule has 0 saturated carbocycles. The molecule has 8 heteroatoms. The summed E-state index contributed by atoms with van der Waals surface area (Å²) in [5, 5.41) is 0. The Labute approximate surface area is 159 Å². The van der Waals surface area contributed by atoms with Crippen LogP contribution >= 0.6 is 11.5 Å². The van der Waals surface area contributed by atoms with Gasteiger partial charge in [0.25, 0.3) is 5.91 Å². The van der Waals surface area contributed by atoms with Crippen molar-refractivity contribution in [3.8, 4) is 0 Å². The van der Waals surface area contributed by atoms with Crippen LogP contribution in [0.1, 0.15) is 62.0 Å². The van der Waals surface area contributed by atoms with Gasteiger partial charge in [0, 0.05) is 17.3 Å². The molecule has 0 N–H and O–H groups in total. The van der Waals surface area contributed by atoms with Gasteiger partial charge in [-0.05, 0) is 57.3 Å². The first kappa shape index (κ1) is 21.3. The number of nitrogens with zero attached hydrogens (tertiary/aromatic N) is 2.